The van der Waals surface area contributed by atoms with Crippen molar-refractivity contribution in [2.24, 2.45) is 4.99 Å². The molecule has 5 nitrogen and oxygen atoms in total. The largest absolute Gasteiger partial charge is 0.357 e. The number of hydrogen-bond donors (Lipinski definition) is 2. The van der Waals surface area contributed by atoms with E-state index in [2.05, 4.69) is 71.1 Å². The van der Waals surface area contributed by atoms with Gasteiger partial charge in [-0.3, -0.25) is 9.79 Å². The summed E-state index contributed by atoms with van der Waals surface area (Å²) < 4.78 is 0. The summed E-state index contributed by atoms with van der Waals surface area (Å²) in [6.07, 6.45) is 3.23. The fraction of sp³-hybridized carbons (Fsp3) is 0.417. The summed E-state index contributed by atoms with van der Waals surface area (Å²) in [4.78, 5) is 19.2. The Bertz CT molecular complexity index is 804. The van der Waals surface area contributed by atoms with E-state index in [-0.39, 0.29) is 5.91 Å². The summed E-state index contributed by atoms with van der Waals surface area (Å²) in [5.74, 6) is 1.06. The zero-order valence-corrected chi connectivity index (χ0v) is 17.4. The van der Waals surface area contributed by atoms with E-state index in [9.17, 15) is 4.79 Å². The minimum absolute atomic E-state index is 0.233. The van der Waals surface area contributed by atoms with Crippen LogP contribution in [0.1, 0.15) is 36.5 Å². The number of carbonyl (C=O) groups excluding carboxylic acids is 1. The van der Waals surface area contributed by atoms with Crippen LogP contribution in [0.4, 0.5) is 0 Å². The third-order valence-corrected chi connectivity index (χ3v) is 5.20. The van der Waals surface area contributed by atoms with Crippen LogP contribution in [0.5, 0.6) is 0 Å². The Morgan fingerprint density at radius 2 is 1.79 bits per heavy atom. The first-order valence-electron chi connectivity index (χ1n) is 10.7. The number of rotatable bonds is 8. The zero-order chi connectivity index (χ0) is 20.3. The summed E-state index contributed by atoms with van der Waals surface area (Å²) in [5, 5.41) is 6.65. The van der Waals surface area contributed by atoms with Crippen LogP contribution < -0.4 is 10.6 Å². The van der Waals surface area contributed by atoms with Gasteiger partial charge in [-0.05, 0) is 42.9 Å². The van der Waals surface area contributed by atoms with Crippen molar-refractivity contribution in [2.45, 2.75) is 39.2 Å². The fourth-order valence-corrected chi connectivity index (χ4v) is 3.60. The second-order valence-corrected chi connectivity index (χ2v) is 7.36. The molecule has 0 aromatic heterocycles. The Morgan fingerprint density at radius 1 is 1.03 bits per heavy atom. The summed E-state index contributed by atoms with van der Waals surface area (Å²) >= 11 is 0. The molecule has 2 aromatic rings. The molecule has 0 saturated carbocycles. The summed E-state index contributed by atoms with van der Waals surface area (Å²) in [5.41, 5.74) is 3.96. The van der Waals surface area contributed by atoms with Gasteiger partial charge in [0.25, 0.3) is 0 Å². The van der Waals surface area contributed by atoms with E-state index in [0.29, 0.717) is 13.0 Å². The summed E-state index contributed by atoms with van der Waals surface area (Å²) in [6, 6.07) is 18.8. The van der Waals surface area contributed by atoms with Gasteiger partial charge >= 0.3 is 0 Å². The van der Waals surface area contributed by atoms with Gasteiger partial charge in [0.1, 0.15) is 0 Å². The summed E-state index contributed by atoms with van der Waals surface area (Å²) in [7, 11) is 0. The highest BCUT2D eigenvalue weighted by Crippen LogP contribution is 2.19. The van der Waals surface area contributed by atoms with Gasteiger partial charge in [0.2, 0.25) is 5.91 Å². The van der Waals surface area contributed by atoms with Gasteiger partial charge in [0.05, 0.1) is 0 Å². The lowest BCUT2D eigenvalue weighted by molar-refractivity contribution is -0.132. The van der Waals surface area contributed by atoms with E-state index < -0.39 is 0 Å². The molecule has 1 amide bonds. The minimum atomic E-state index is 0.233. The topological polar surface area (TPSA) is 56.7 Å². The number of nitrogens with zero attached hydrogens (tertiary/aromatic N) is 2. The highest BCUT2D eigenvalue weighted by molar-refractivity contribution is 5.80. The molecule has 29 heavy (non-hydrogen) atoms. The maximum atomic E-state index is 12.6. The van der Waals surface area contributed by atoms with E-state index in [0.717, 1.165) is 51.4 Å². The first kappa shape index (κ1) is 20.9. The Labute approximate surface area is 174 Å². The van der Waals surface area contributed by atoms with E-state index >= 15 is 0 Å². The number of fused-ring (bicyclic) bond motifs is 1. The van der Waals surface area contributed by atoms with Gasteiger partial charge < -0.3 is 15.5 Å². The van der Waals surface area contributed by atoms with Gasteiger partial charge in [-0.1, -0.05) is 54.6 Å². The number of hydrogen-bond acceptors (Lipinski definition) is 2. The number of guanidine groups is 1. The summed E-state index contributed by atoms with van der Waals surface area (Å²) in [6.45, 7) is 5.93. The van der Waals surface area contributed by atoms with Crippen molar-refractivity contribution < 1.29 is 4.79 Å². The number of aliphatic imine (C=N–C) groups is 1. The van der Waals surface area contributed by atoms with Crippen molar-refractivity contribution in [3.05, 3.63) is 71.3 Å². The molecular formula is C24H32N4O. The van der Waals surface area contributed by atoms with E-state index in [1.54, 1.807) is 0 Å². The first-order valence-corrected chi connectivity index (χ1v) is 10.7. The van der Waals surface area contributed by atoms with Gasteiger partial charge in [-0.2, -0.15) is 0 Å². The number of nitrogens with one attached hydrogen (secondary N) is 2. The maximum absolute atomic E-state index is 12.6. The van der Waals surface area contributed by atoms with Crippen molar-refractivity contribution in [2.75, 3.05) is 26.2 Å². The molecule has 154 valence electrons. The van der Waals surface area contributed by atoms with Crippen LogP contribution in [0.15, 0.2) is 59.6 Å². The zero-order valence-electron chi connectivity index (χ0n) is 17.4. The van der Waals surface area contributed by atoms with Crippen LogP contribution in [-0.4, -0.2) is 42.9 Å². The molecule has 0 fully saturated rings. The Kier molecular flexibility index (Phi) is 8.11. The Morgan fingerprint density at radius 3 is 2.59 bits per heavy atom. The van der Waals surface area contributed by atoms with Crippen molar-refractivity contribution in [1.82, 2.24) is 15.5 Å². The standard InChI is InChI=1S/C24H32N4O/c1-2-25-24(27-17-14-20-9-4-3-5-10-20)26-16-8-13-23(29)28-18-15-21-11-6-7-12-22(21)19-28/h3-7,9-12H,2,8,13-19H2,1H3,(H2,25,26,27). The molecule has 1 heterocycles. The van der Waals surface area contributed by atoms with Gasteiger partial charge in [-0.15, -0.1) is 0 Å². The van der Waals surface area contributed by atoms with Crippen molar-refractivity contribution in [3.63, 3.8) is 0 Å². The average molecular weight is 393 g/mol. The smallest absolute Gasteiger partial charge is 0.222 e. The Balaban J connectivity index is 1.39. The molecule has 0 radical (unpaired) electrons. The molecule has 0 saturated heterocycles. The fourth-order valence-electron chi connectivity index (χ4n) is 3.60. The molecule has 0 aliphatic carbocycles. The van der Waals surface area contributed by atoms with Crippen molar-refractivity contribution >= 4 is 11.9 Å². The minimum Gasteiger partial charge on any atom is -0.357 e. The highest BCUT2D eigenvalue weighted by atomic mass is 16.2. The van der Waals surface area contributed by atoms with Crippen LogP contribution in [0.25, 0.3) is 0 Å². The number of amides is 1. The monoisotopic (exact) mass is 392 g/mol. The second-order valence-electron chi connectivity index (χ2n) is 7.36. The predicted molar refractivity (Wildman–Crippen MR) is 119 cm³/mol. The Hall–Kier alpha value is -2.82. The lowest BCUT2D eigenvalue weighted by atomic mass is 9.99. The van der Waals surface area contributed by atoms with E-state index in [1.807, 2.05) is 11.0 Å². The van der Waals surface area contributed by atoms with E-state index in [1.165, 1.54) is 16.7 Å². The van der Waals surface area contributed by atoms with Crippen molar-refractivity contribution in [3.8, 4) is 0 Å². The van der Waals surface area contributed by atoms with Gasteiger partial charge in [0.15, 0.2) is 5.96 Å². The SMILES string of the molecule is CCNC(=NCCCC(=O)N1CCc2ccccc2C1)NCCc1ccccc1. The molecule has 3 rings (SSSR count). The molecule has 5 heteroatoms. The van der Waals surface area contributed by atoms with Gasteiger partial charge in [-0.25, -0.2) is 0 Å². The second kappa shape index (κ2) is 11.2. The molecule has 0 unspecified atom stereocenters. The molecule has 0 atom stereocenters. The van der Waals surface area contributed by atoms with Gasteiger partial charge in [0, 0.05) is 39.1 Å². The van der Waals surface area contributed by atoms with Crippen LogP contribution in [-0.2, 0) is 24.2 Å². The predicted octanol–water partition coefficient (Wildman–Crippen LogP) is 3.15. The molecule has 2 N–H and O–H groups in total. The first-order chi connectivity index (χ1) is 14.3. The van der Waals surface area contributed by atoms with Crippen molar-refractivity contribution in [1.29, 1.82) is 0 Å². The molecular weight excluding hydrogens is 360 g/mol. The van der Waals surface area contributed by atoms with E-state index in [4.69, 9.17) is 0 Å². The molecule has 0 bridgehead atoms. The molecule has 1 aliphatic heterocycles. The maximum Gasteiger partial charge on any atom is 0.222 e. The molecule has 2 aromatic carbocycles. The lowest BCUT2D eigenvalue weighted by Crippen LogP contribution is -2.38. The van der Waals surface area contributed by atoms with Crippen LogP contribution in [0.3, 0.4) is 0 Å². The number of benzene rings is 2. The molecule has 0 spiro atoms. The van der Waals surface area contributed by atoms with Crippen LogP contribution in [0.2, 0.25) is 0 Å². The highest BCUT2D eigenvalue weighted by Gasteiger charge is 2.19. The third kappa shape index (κ3) is 6.63. The average Bonchev–Trinajstić information content (AvgIpc) is 2.77. The molecule has 1 aliphatic rings. The number of carbonyl (C=O) groups is 1. The van der Waals surface area contributed by atoms with Crippen LogP contribution in [0, 0.1) is 0 Å². The van der Waals surface area contributed by atoms with Crippen LogP contribution >= 0.6 is 0 Å². The lowest BCUT2D eigenvalue weighted by Gasteiger charge is -2.28. The quantitative estimate of drug-likeness (QED) is 0.412. The third-order valence-electron chi connectivity index (χ3n) is 5.20. The normalized spacial score (nSPS) is 13.7.